The summed E-state index contributed by atoms with van der Waals surface area (Å²) in [6.45, 7) is 4.09. The summed E-state index contributed by atoms with van der Waals surface area (Å²) in [7, 11) is 0. The highest BCUT2D eigenvalue weighted by atomic mass is 16.5. The van der Waals surface area contributed by atoms with Gasteiger partial charge >= 0.3 is 5.97 Å². The van der Waals surface area contributed by atoms with E-state index in [1.165, 1.54) is 51.9 Å². The van der Waals surface area contributed by atoms with Crippen LogP contribution in [0.3, 0.4) is 0 Å². The van der Waals surface area contributed by atoms with Crippen LogP contribution >= 0.6 is 0 Å². The fraction of sp³-hybridized carbons (Fsp3) is 0.853. The van der Waals surface area contributed by atoms with Gasteiger partial charge in [-0.15, -0.1) is 0 Å². The highest BCUT2D eigenvalue weighted by Gasteiger charge is 2.20. The predicted octanol–water partition coefficient (Wildman–Crippen LogP) is 4.00. The molecule has 4 N–H and O–H groups in total. The van der Waals surface area contributed by atoms with Gasteiger partial charge < -0.3 is 40.0 Å². The molecule has 0 aliphatic heterocycles. The minimum Gasteiger partial charge on any atom is -0.480 e. The molecule has 50 heavy (non-hydrogen) atoms. The zero-order chi connectivity index (χ0) is 36.9. The van der Waals surface area contributed by atoms with E-state index in [0.717, 1.165) is 32.1 Å². The standard InChI is InChI=1S/C34H62N6O10/c1-29(41)27-49-25-23-48-22-20-37-33(44)28-50-26-24-47-21-19-36-31(42)17-16-30(34(45)46)39-32(43)15-13-11-9-7-5-3-2-4-6-8-10-12-14-18-38-40-35/h30H,2-28H2,1H3,(H,36,42)(H,37,44)(H,39,43)(H,45,46)/t30-/m0/s1. The quantitative estimate of drug-likeness (QED) is 0.0313. The van der Waals surface area contributed by atoms with Crippen molar-refractivity contribution in [3.8, 4) is 0 Å². The van der Waals surface area contributed by atoms with Gasteiger partial charge in [0, 0.05) is 37.4 Å². The monoisotopic (exact) mass is 714 g/mol. The molecular formula is C34H62N6O10. The second-order valence-corrected chi connectivity index (χ2v) is 12.0. The Kier molecular flexibility index (Phi) is 33.2. The fourth-order valence-electron chi connectivity index (χ4n) is 4.74. The lowest BCUT2D eigenvalue weighted by atomic mass is 10.0. The number of carboxylic acids is 1. The molecule has 0 radical (unpaired) electrons. The molecule has 288 valence electrons. The normalized spacial score (nSPS) is 11.4. The second kappa shape index (κ2) is 35.5. The van der Waals surface area contributed by atoms with E-state index in [0.29, 0.717) is 39.3 Å². The SMILES string of the molecule is CC(=O)COCCOCCNC(=O)COCCOCCNC(=O)CC[C@H](NC(=O)CCCCCCCCCCCCCCCN=[N+]=[N-])C(=O)O. The van der Waals surface area contributed by atoms with E-state index in [4.69, 9.17) is 24.5 Å². The topological polar surface area (TPSA) is 227 Å². The first-order valence-electron chi connectivity index (χ1n) is 18.1. The molecule has 0 heterocycles. The number of aliphatic carboxylic acids is 1. The van der Waals surface area contributed by atoms with Crippen LogP contribution < -0.4 is 16.0 Å². The van der Waals surface area contributed by atoms with E-state index in [2.05, 4.69) is 26.0 Å². The largest absolute Gasteiger partial charge is 0.480 e. The lowest BCUT2D eigenvalue weighted by molar-refractivity contribution is -0.142. The molecule has 0 unspecified atom stereocenters. The summed E-state index contributed by atoms with van der Waals surface area (Å²) in [6.07, 6.45) is 14.7. The third-order valence-electron chi connectivity index (χ3n) is 7.44. The maximum atomic E-state index is 12.3. The number of ether oxygens (including phenoxy) is 4. The molecule has 0 fully saturated rings. The number of rotatable bonds is 37. The van der Waals surface area contributed by atoms with Crippen molar-refractivity contribution in [3.63, 3.8) is 0 Å². The van der Waals surface area contributed by atoms with Crippen molar-refractivity contribution in [2.75, 3.05) is 72.5 Å². The van der Waals surface area contributed by atoms with Crippen molar-refractivity contribution in [1.82, 2.24) is 16.0 Å². The number of nitrogens with one attached hydrogen (secondary N) is 3. The number of carbonyl (C=O) groups excluding carboxylic acids is 4. The molecule has 0 aromatic carbocycles. The van der Waals surface area contributed by atoms with Crippen molar-refractivity contribution < 1.29 is 48.0 Å². The molecule has 1 atom stereocenters. The molecule has 0 bridgehead atoms. The van der Waals surface area contributed by atoms with E-state index in [-0.39, 0.29) is 82.3 Å². The number of ketones is 1. The first-order valence-corrected chi connectivity index (χ1v) is 18.1. The highest BCUT2D eigenvalue weighted by molar-refractivity contribution is 5.84. The van der Waals surface area contributed by atoms with Gasteiger partial charge in [-0.05, 0) is 31.7 Å². The Labute approximate surface area is 297 Å². The summed E-state index contributed by atoms with van der Waals surface area (Å²) in [5.41, 5.74) is 8.25. The summed E-state index contributed by atoms with van der Waals surface area (Å²) in [4.78, 5) is 61.2. The first kappa shape index (κ1) is 46.7. The molecule has 0 rings (SSSR count). The Morgan fingerprint density at radius 3 is 1.62 bits per heavy atom. The third kappa shape index (κ3) is 34.6. The van der Waals surface area contributed by atoms with Gasteiger partial charge in [0.1, 0.15) is 19.3 Å². The maximum Gasteiger partial charge on any atom is 0.326 e. The summed E-state index contributed by atoms with van der Waals surface area (Å²) >= 11 is 0. The molecule has 0 aromatic heterocycles. The number of azide groups is 1. The summed E-state index contributed by atoms with van der Waals surface area (Å²) in [5, 5.41) is 20.8. The van der Waals surface area contributed by atoms with Crippen LogP contribution in [0.2, 0.25) is 0 Å². The van der Waals surface area contributed by atoms with Crippen LogP contribution in [0.5, 0.6) is 0 Å². The van der Waals surface area contributed by atoms with Crippen molar-refractivity contribution in [2.24, 2.45) is 5.11 Å². The molecule has 0 aliphatic rings. The van der Waals surface area contributed by atoms with Crippen LogP contribution in [0.1, 0.15) is 110 Å². The zero-order valence-electron chi connectivity index (χ0n) is 30.1. The van der Waals surface area contributed by atoms with Crippen LogP contribution in [0.25, 0.3) is 10.4 Å². The number of amides is 3. The molecule has 16 heteroatoms. The molecule has 16 nitrogen and oxygen atoms in total. The number of hydrogen-bond acceptors (Lipinski definition) is 10. The molecule has 0 saturated heterocycles. The third-order valence-corrected chi connectivity index (χ3v) is 7.44. The lowest BCUT2D eigenvalue weighted by Crippen LogP contribution is -2.41. The van der Waals surface area contributed by atoms with E-state index in [1.54, 1.807) is 0 Å². The first-order chi connectivity index (χ1) is 24.3. The molecule has 3 amide bonds. The molecule has 0 aliphatic carbocycles. The molecule has 0 aromatic rings. The van der Waals surface area contributed by atoms with Crippen LogP contribution in [0, 0.1) is 0 Å². The fourth-order valence-corrected chi connectivity index (χ4v) is 4.74. The van der Waals surface area contributed by atoms with Gasteiger partial charge in [-0.3, -0.25) is 19.2 Å². The number of nitrogens with zero attached hydrogens (tertiary/aromatic N) is 3. The van der Waals surface area contributed by atoms with Crippen molar-refractivity contribution in [2.45, 2.75) is 116 Å². The Hall–Kier alpha value is -3.30. The van der Waals surface area contributed by atoms with Gasteiger partial charge in [-0.1, -0.05) is 75.7 Å². The Morgan fingerprint density at radius 1 is 0.620 bits per heavy atom. The molecule has 0 spiro atoms. The number of carboxylic acid groups (broad SMARTS) is 1. The van der Waals surface area contributed by atoms with Gasteiger partial charge in [0.15, 0.2) is 5.78 Å². The van der Waals surface area contributed by atoms with E-state index >= 15 is 0 Å². The van der Waals surface area contributed by atoms with Gasteiger partial charge in [0.2, 0.25) is 17.7 Å². The second-order valence-electron chi connectivity index (χ2n) is 12.0. The van der Waals surface area contributed by atoms with Gasteiger partial charge in [-0.25, -0.2) is 4.79 Å². The number of Topliss-reactive ketones (excluding diaryl/α,β-unsaturated/α-hetero) is 1. The highest BCUT2D eigenvalue weighted by Crippen LogP contribution is 2.13. The van der Waals surface area contributed by atoms with E-state index in [1.807, 2.05) is 0 Å². The van der Waals surface area contributed by atoms with Gasteiger partial charge in [-0.2, -0.15) is 0 Å². The smallest absolute Gasteiger partial charge is 0.326 e. The average molecular weight is 715 g/mol. The lowest BCUT2D eigenvalue weighted by Gasteiger charge is -2.14. The van der Waals surface area contributed by atoms with Crippen molar-refractivity contribution >= 4 is 29.5 Å². The van der Waals surface area contributed by atoms with Crippen LogP contribution in [0.4, 0.5) is 0 Å². The minimum atomic E-state index is -1.17. The Morgan fingerprint density at radius 2 is 1.10 bits per heavy atom. The van der Waals surface area contributed by atoms with Crippen LogP contribution in [-0.2, 0) is 42.9 Å². The number of carbonyl (C=O) groups is 5. The summed E-state index contributed by atoms with van der Waals surface area (Å²) in [6, 6.07) is -1.12. The van der Waals surface area contributed by atoms with Crippen molar-refractivity contribution in [1.29, 1.82) is 0 Å². The van der Waals surface area contributed by atoms with Crippen molar-refractivity contribution in [3.05, 3.63) is 10.4 Å². The van der Waals surface area contributed by atoms with Gasteiger partial charge in [0.25, 0.3) is 0 Å². The zero-order valence-corrected chi connectivity index (χ0v) is 30.1. The Bertz CT molecular complexity index is 965. The van der Waals surface area contributed by atoms with E-state index in [9.17, 15) is 29.1 Å². The summed E-state index contributed by atoms with van der Waals surface area (Å²) < 4.78 is 20.9. The number of hydrogen-bond donors (Lipinski definition) is 4. The average Bonchev–Trinajstić information content (AvgIpc) is 3.08. The number of unbranched alkanes of at least 4 members (excludes halogenated alkanes) is 12. The summed E-state index contributed by atoms with van der Waals surface area (Å²) in [5.74, 6) is -2.18. The molecule has 0 saturated carbocycles. The van der Waals surface area contributed by atoms with E-state index < -0.39 is 12.0 Å². The van der Waals surface area contributed by atoms with Crippen LogP contribution in [0.15, 0.2) is 5.11 Å². The maximum absolute atomic E-state index is 12.3. The Balaban J connectivity index is 3.67. The van der Waals surface area contributed by atoms with Gasteiger partial charge in [0.05, 0.1) is 39.6 Å². The molecular weight excluding hydrogens is 652 g/mol. The minimum absolute atomic E-state index is 0.0112. The predicted molar refractivity (Wildman–Crippen MR) is 187 cm³/mol. The van der Waals surface area contributed by atoms with Crippen LogP contribution in [-0.4, -0.2) is 113 Å².